The predicted molar refractivity (Wildman–Crippen MR) is 92.1 cm³/mol. The van der Waals surface area contributed by atoms with Gasteiger partial charge in [0, 0.05) is 24.4 Å². The van der Waals surface area contributed by atoms with Gasteiger partial charge in [-0.1, -0.05) is 11.3 Å². The molecule has 2 aromatic heterocycles. The van der Waals surface area contributed by atoms with Crippen LogP contribution in [0.3, 0.4) is 0 Å². The number of benzene rings is 1. The molecule has 7 heteroatoms. The van der Waals surface area contributed by atoms with E-state index >= 15 is 0 Å². The van der Waals surface area contributed by atoms with E-state index in [0.29, 0.717) is 5.13 Å². The zero-order chi connectivity index (χ0) is 16.7. The van der Waals surface area contributed by atoms with Crippen molar-refractivity contribution in [3.8, 4) is 0 Å². The van der Waals surface area contributed by atoms with Gasteiger partial charge in [0.05, 0.1) is 16.5 Å². The third-order valence-electron chi connectivity index (χ3n) is 3.97. The Morgan fingerprint density at radius 1 is 1.29 bits per heavy atom. The molecule has 1 saturated carbocycles. The number of amides is 2. The molecule has 24 heavy (non-hydrogen) atoms. The lowest BCUT2D eigenvalue weighted by molar-refractivity contribution is -0.117. The number of hydrogen-bond donors (Lipinski definition) is 2. The van der Waals surface area contributed by atoms with Crippen LogP contribution in [-0.2, 0) is 9.59 Å². The first kappa shape index (κ1) is 14.9. The molecule has 2 N–H and O–H groups in total. The summed E-state index contributed by atoms with van der Waals surface area (Å²) in [6, 6.07) is 9.22. The zero-order valence-electron chi connectivity index (χ0n) is 12.9. The van der Waals surface area contributed by atoms with Gasteiger partial charge in [-0.15, -0.1) is 0 Å². The van der Waals surface area contributed by atoms with Crippen LogP contribution in [0.4, 0.5) is 10.8 Å². The second-order valence-electron chi connectivity index (χ2n) is 5.84. The molecule has 1 aliphatic rings. The van der Waals surface area contributed by atoms with E-state index in [-0.39, 0.29) is 23.7 Å². The van der Waals surface area contributed by atoms with E-state index in [9.17, 15) is 9.59 Å². The Hall–Kier alpha value is -2.67. The number of furan rings is 1. The van der Waals surface area contributed by atoms with Gasteiger partial charge in [-0.25, -0.2) is 4.98 Å². The number of fused-ring (bicyclic) bond motifs is 1. The Balaban J connectivity index is 1.46. The quantitative estimate of drug-likeness (QED) is 0.759. The number of anilines is 2. The van der Waals surface area contributed by atoms with Crippen LogP contribution in [0.2, 0.25) is 0 Å². The van der Waals surface area contributed by atoms with E-state index in [1.807, 2.05) is 24.3 Å². The summed E-state index contributed by atoms with van der Waals surface area (Å²) in [6.07, 6.45) is 2.43. The molecule has 1 aliphatic carbocycles. The summed E-state index contributed by atoms with van der Waals surface area (Å²) in [7, 11) is 0. The fourth-order valence-corrected chi connectivity index (χ4v) is 3.67. The molecule has 3 aromatic rings. The Morgan fingerprint density at radius 3 is 2.92 bits per heavy atom. The van der Waals surface area contributed by atoms with E-state index in [4.69, 9.17) is 4.42 Å². The SMILES string of the molecule is CC(=O)Nc1ccc2nc(NC(=O)[C@@H]3C[C@@H]3c3ccco3)sc2c1. The van der Waals surface area contributed by atoms with Gasteiger partial charge in [0.2, 0.25) is 11.8 Å². The van der Waals surface area contributed by atoms with Crippen molar-refractivity contribution in [2.24, 2.45) is 5.92 Å². The smallest absolute Gasteiger partial charge is 0.230 e. The molecular formula is C17H15N3O3S. The Labute approximate surface area is 141 Å². The van der Waals surface area contributed by atoms with Crippen molar-refractivity contribution >= 4 is 44.2 Å². The van der Waals surface area contributed by atoms with Gasteiger partial charge in [0.25, 0.3) is 0 Å². The lowest BCUT2D eigenvalue weighted by Crippen LogP contribution is -2.14. The van der Waals surface area contributed by atoms with E-state index in [0.717, 1.165) is 28.1 Å². The number of nitrogens with one attached hydrogen (secondary N) is 2. The fraction of sp³-hybridized carbons (Fsp3) is 0.235. The molecule has 0 saturated heterocycles. The highest BCUT2D eigenvalue weighted by Gasteiger charge is 2.46. The van der Waals surface area contributed by atoms with Crippen molar-refractivity contribution in [1.82, 2.24) is 4.98 Å². The maximum Gasteiger partial charge on any atom is 0.230 e. The molecule has 2 heterocycles. The first-order chi connectivity index (χ1) is 11.6. The molecule has 122 valence electrons. The number of aromatic nitrogens is 1. The Kier molecular flexibility index (Phi) is 3.57. The Morgan fingerprint density at radius 2 is 2.17 bits per heavy atom. The zero-order valence-corrected chi connectivity index (χ0v) is 13.7. The first-order valence-corrected chi connectivity index (χ1v) is 8.44. The average molecular weight is 341 g/mol. The number of rotatable bonds is 4. The number of hydrogen-bond acceptors (Lipinski definition) is 5. The summed E-state index contributed by atoms with van der Waals surface area (Å²) >= 11 is 1.39. The highest BCUT2D eigenvalue weighted by atomic mass is 32.1. The molecule has 0 radical (unpaired) electrons. The standard InChI is InChI=1S/C17H15N3O3S/c1-9(21)18-10-4-5-13-15(7-10)24-17(19-13)20-16(22)12-8-11(12)14-3-2-6-23-14/h2-7,11-12H,8H2,1H3,(H,18,21)(H,19,20,22)/t11-,12+/m0/s1. The summed E-state index contributed by atoms with van der Waals surface area (Å²) < 4.78 is 6.27. The third kappa shape index (κ3) is 2.90. The van der Waals surface area contributed by atoms with Crippen LogP contribution in [0.15, 0.2) is 41.0 Å². The lowest BCUT2D eigenvalue weighted by Gasteiger charge is -1.99. The number of nitrogens with zero attached hydrogens (tertiary/aromatic N) is 1. The summed E-state index contributed by atoms with van der Waals surface area (Å²) in [6.45, 7) is 1.47. The summed E-state index contributed by atoms with van der Waals surface area (Å²) in [5.41, 5.74) is 1.51. The summed E-state index contributed by atoms with van der Waals surface area (Å²) in [5, 5.41) is 6.19. The molecule has 1 aromatic carbocycles. The second kappa shape index (κ2) is 5.76. The van der Waals surface area contributed by atoms with Gasteiger partial charge in [-0.2, -0.15) is 0 Å². The highest BCUT2D eigenvalue weighted by Crippen LogP contribution is 2.48. The molecule has 0 spiro atoms. The molecule has 0 bridgehead atoms. The van der Waals surface area contributed by atoms with Crippen LogP contribution in [0.25, 0.3) is 10.2 Å². The minimum Gasteiger partial charge on any atom is -0.469 e. The summed E-state index contributed by atoms with van der Waals surface area (Å²) in [4.78, 5) is 27.9. The van der Waals surface area contributed by atoms with Gasteiger partial charge < -0.3 is 15.1 Å². The van der Waals surface area contributed by atoms with Gasteiger partial charge in [-0.3, -0.25) is 9.59 Å². The molecule has 2 amide bonds. The first-order valence-electron chi connectivity index (χ1n) is 7.62. The minimum atomic E-state index is -0.120. The lowest BCUT2D eigenvalue weighted by atomic mass is 10.2. The third-order valence-corrected chi connectivity index (χ3v) is 4.91. The molecule has 4 rings (SSSR count). The summed E-state index contributed by atoms with van der Waals surface area (Å²) in [5.74, 6) is 0.820. The highest BCUT2D eigenvalue weighted by molar-refractivity contribution is 7.22. The fourth-order valence-electron chi connectivity index (χ4n) is 2.76. The van der Waals surface area contributed by atoms with Crippen molar-refractivity contribution in [3.63, 3.8) is 0 Å². The van der Waals surface area contributed by atoms with Gasteiger partial charge >= 0.3 is 0 Å². The van der Waals surface area contributed by atoms with Crippen molar-refractivity contribution < 1.29 is 14.0 Å². The van der Waals surface area contributed by atoms with E-state index in [2.05, 4.69) is 15.6 Å². The largest absolute Gasteiger partial charge is 0.469 e. The maximum atomic E-state index is 12.3. The Bertz CT molecular complexity index is 916. The maximum absolute atomic E-state index is 12.3. The van der Waals surface area contributed by atoms with Gasteiger partial charge in [0.15, 0.2) is 5.13 Å². The van der Waals surface area contributed by atoms with Gasteiger partial charge in [0.1, 0.15) is 5.76 Å². The molecule has 1 fully saturated rings. The van der Waals surface area contributed by atoms with Crippen molar-refractivity contribution in [3.05, 3.63) is 42.4 Å². The van der Waals surface area contributed by atoms with Crippen molar-refractivity contribution in [2.75, 3.05) is 10.6 Å². The molecule has 2 atom stereocenters. The van der Waals surface area contributed by atoms with Crippen LogP contribution in [0, 0.1) is 5.92 Å². The molecule has 0 unspecified atom stereocenters. The second-order valence-corrected chi connectivity index (χ2v) is 6.87. The van der Waals surface area contributed by atoms with Gasteiger partial charge in [-0.05, 0) is 36.8 Å². The minimum absolute atomic E-state index is 0.0301. The van der Waals surface area contributed by atoms with Crippen LogP contribution in [0.1, 0.15) is 25.0 Å². The van der Waals surface area contributed by atoms with Crippen LogP contribution < -0.4 is 10.6 Å². The van der Waals surface area contributed by atoms with Crippen LogP contribution in [0.5, 0.6) is 0 Å². The number of thiazole rings is 1. The predicted octanol–water partition coefficient (Wildman–Crippen LogP) is 3.59. The number of carbonyl (C=O) groups is 2. The van der Waals surface area contributed by atoms with Crippen molar-refractivity contribution in [2.45, 2.75) is 19.3 Å². The van der Waals surface area contributed by atoms with E-state index in [1.54, 1.807) is 12.3 Å². The van der Waals surface area contributed by atoms with Crippen LogP contribution in [-0.4, -0.2) is 16.8 Å². The molecule has 0 aliphatic heterocycles. The van der Waals surface area contributed by atoms with Crippen LogP contribution >= 0.6 is 11.3 Å². The van der Waals surface area contributed by atoms with E-state index in [1.165, 1.54) is 18.3 Å². The van der Waals surface area contributed by atoms with Crippen molar-refractivity contribution in [1.29, 1.82) is 0 Å². The number of carbonyl (C=O) groups excluding carboxylic acids is 2. The normalized spacial score (nSPS) is 19.2. The molecule has 6 nitrogen and oxygen atoms in total. The van der Waals surface area contributed by atoms with E-state index < -0.39 is 0 Å². The topological polar surface area (TPSA) is 84.2 Å². The molecular weight excluding hydrogens is 326 g/mol. The average Bonchev–Trinajstić information content (AvgIpc) is 2.97. The monoisotopic (exact) mass is 341 g/mol.